The minimum atomic E-state index is -0.505. The van der Waals surface area contributed by atoms with Gasteiger partial charge < -0.3 is 11.1 Å². The highest BCUT2D eigenvalue weighted by atomic mass is 32.1. The van der Waals surface area contributed by atoms with E-state index in [-0.39, 0.29) is 27.3 Å². The Kier molecular flexibility index (Phi) is 3.03. The molecule has 0 aliphatic carbocycles. The van der Waals surface area contributed by atoms with E-state index >= 15 is 0 Å². The number of aromatic nitrogens is 3. The number of thiazole rings is 1. The molecule has 0 fully saturated rings. The largest absolute Gasteiger partial charge is 0.375 e. The molecule has 3 aromatic rings. The number of nitrogens with zero attached hydrogens (tertiary/aromatic N) is 1. The van der Waals surface area contributed by atoms with Crippen LogP contribution in [0.15, 0.2) is 33.2 Å². The lowest BCUT2D eigenvalue weighted by Gasteiger charge is -2.06. The average Bonchev–Trinajstić information content (AvgIpc) is 2.90. The van der Waals surface area contributed by atoms with Gasteiger partial charge >= 0.3 is 0 Å². The van der Waals surface area contributed by atoms with Crippen LogP contribution in [0.2, 0.25) is 0 Å². The first-order chi connectivity index (χ1) is 10.1. The monoisotopic (exact) mass is 303 g/mol. The lowest BCUT2D eigenvalue weighted by molar-refractivity contribution is 0.102. The molecule has 106 valence electrons. The predicted octanol–water partition coefficient (Wildman–Crippen LogP) is 0.507. The van der Waals surface area contributed by atoms with Crippen LogP contribution in [0.1, 0.15) is 10.5 Å². The predicted molar refractivity (Wildman–Crippen MR) is 79.7 cm³/mol. The van der Waals surface area contributed by atoms with Crippen LogP contribution in [0.25, 0.3) is 10.8 Å². The summed E-state index contributed by atoms with van der Waals surface area (Å²) in [4.78, 5) is 39.4. The molecule has 8 nitrogen and oxygen atoms in total. The van der Waals surface area contributed by atoms with E-state index in [0.717, 1.165) is 11.3 Å². The first kappa shape index (κ1) is 13.1. The van der Waals surface area contributed by atoms with E-state index in [4.69, 9.17) is 5.73 Å². The van der Waals surface area contributed by atoms with Crippen molar-refractivity contribution in [2.45, 2.75) is 0 Å². The molecule has 2 heterocycles. The standard InChI is InChI=1S/C12H9N5O3S/c13-12-15-7(4-21-12)10(19)14-6-3-1-2-5-8(6)11(20)17-16-9(5)18/h1-4H,(H2,13,15)(H,14,19)(H,16,18)(H,17,20). The molecule has 5 N–H and O–H groups in total. The molecule has 0 bridgehead atoms. The van der Waals surface area contributed by atoms with Gasteiger partial charge in [0.2, 0.25) is 0 Å². The van der Waals surface area contributed by atoms with Crippen LogP contribution >= 0.6 is 11.3 Å². The number of hydrogen-bond acceptors (Lipinski definition) is 6. The summed E-state index contributed by atoms with van der Waals surface area (Å²) in [5, 5.41) is 9.08. The number of rotatable bonds is 2. The summed E-state index contributed by atoms with van der Waals surface area (Å²) in [5.41, 5.74) is 4.91. The Bertz CT molecular complexity index is 955. The van der Waals surface area contributed by atoms with Gasteiger partial charge in [0.15, 0.2) is 5.13 Å². The smallest absolute Gasteiger partial charge is 0.275 e. The van der Waals surface area contributed by atoms with E-state index in [1.165, 1.54) is 17.5 Å². The van der Waals surface area contributed by atoms with Crippen molar-refractivity contribution >= 4 is 38.8 Å². The Morgan fingerprint density at radius 3 is 2.71 bits per heavy atom. The summed E-state index contributed by atoms with van der Waals surface area (Å²) in [6.45, 7) is 0. The minimum Gasteiger partial charge on any atom is -0.375 e. The Hall–Kier alpha value is -2.94. The Balaban J connectivity index is 2.09. The molecule has 2 aromatic heterocycles. The number of aromatic amines is 2. The molecule has 0 atom stereocenters. The fourth-order valence-corrected chi connectivity index (χ4v) is 2.46. The van der Waals surface area contributed by atoms with Gasteiger partial charge in [0.05, 0.1) is 16.5 Å². The van der Waals surface area contributed by atoms with Crippen molar-refractivity contribution in [3.63, 3.8) is 0 Å². The second kappa shape index (κ2) is 4.87. The summed E-state index contributed by atoms with van der Waals surface area (Å²) >= 11 is 1.14. The number of amides is 1. The molecule has 0 unspecified atom stereocenters. The maximum absolute atomic E-state index is 12.0. The third-order valence-corrected chi connectivity index (χ3v) is 3.50. The number of nitrogen functional groups attached to an aromatic ring is 1. The van der Waals surface area contributed by atoms with E-state index in [1.807, 2.05) is 0 Å². The lowest BCUT2D eigenvalue weighted by Crippen LogP contribution is -2.21. The van der Waals surface area contributed by atoms with Gasteiger partial charge in [0.25, 0.3) is 17.0 Å². The van der Waals surface area contributed by atoms with Crippen molar-refractivity contribution < 1.29 is 4.79 Å². The summed E-state index contributed by atoms with van der Waals surface area (Å²) in [6.07, 6.45) is 0. The van der Waals surface area contributed by atoms with Crippen LogP contribution in [-0.2, 0) is 0 Å². The Morgan fingerprint density at radius 2 is 2.00 bits per heavy atom. The molecule has 0 aliphatic rings. The van der Waals surface area contributed by atoms with Crippen LogP contribution in [0.5, 0.6) is 0 Å². The first-order valence-corrected chi connectivity index (χ1v) is 6.70. The number of fused-ring (bicyclic) bond motifs is 1. The zero-order valence-electron chi connectivity index (χ0n) is 10.5. The molecule has 1 amide bonds. The number of nitrogens with two attached hydrogens (primary N) is 1. The van der Waals surface area contributed by atoms with E-state index in [9.17, 15) is 14.4 Å². The molecule has 1 aromatic carbocycles. The zero-order valence-corrected chi connectivity index (χ0v) is 11.3. The van der Waals surface area contributed by atoms with Crippen molar-refractivity contribution in [3.8, 4) is 0 Å². The normalized spacial score (nSPS) is 10.7. The number of anilines is 2. The van der Waals surface area contributed by atoms with Gasteiger partial charge in [-0.2, -0.15) is 0 Å². The van der Waals surface area contributed by atoms with E-state index in [1.54, 1.807) is 6.07 Å². The summed E-state index contributed by atoms with van der Waals surface area (Å²) in [6, 6.07) is 4.60. The Labute approximate surface area is 120 Å². The molecule has 0 aliphatic heterocycles. The van der Waals surface area contributed by atoms with Crippen LogP contribution in [0.3, 0.4) is 0 Å². The maximum Gasteiger partial charge on any atom is 0.275 e. The number of benzene rings is 1. The summed E-state index contributed by atoms with van der Waals surface area (Å²) in [7, 11) is 0. The number of H-pyrrole nitrogens is 2. The fraction of sp³-hybridized carbons (Fsp3) is 0. The van der Waals surface area contributed by atoms with Crippen LogP contribution in [-0.4, -0.2) is 21.1 Å². The fourth-order valence-electron chi connectivity index (χ4n) is 1.91. The van der Waals surface area contributed by atoms with Crippen LogP contribution < -0.4 is 22.2 Å². The number of carbonyl (C=O) groups excluding carboxylic acids is 1. The van der Waals surface area contributed by atoms with Crippen molar-refractivity contribution in [1.29, 1.82) is 0 Å². The van der Waals surface area contributed by atoms with Crippen molar-refractivity contribution in [2.24, 2.45) is 0 Å². The quantitative estimate of drug-likeness (QED) is 0.547. The maximum atomic E-state index is 12.0. The lowest BCUT2D eigenvalue weighted by atomic mass is 10.1. The molecular formula is C12H9N5O3S. The molecule has 0 saturated carbocycles. The van der Waals surface area contributed by atoms with Gasteiger partial charge in [-0.25, -0.2) is 4.98 Å². The van der Waals surface area contributed by atoms with Gasteiger partial charge in [-0.05, 0) is 12.1 Å². The van der Waals surface area contributed by atoms with Crippen LogP contribution in [0, 0.1) is 0 Å². The number of hydrogen-bond donors (Lipinski definition) is 4. The van der Waals surface area contributed by atoms with Gasteiger partial charge in [0, 0.05) is 5.38 Å². The highest BCUT2D eigenvalue weighted by molar-refractivity contribution is 7.13. The second-order valence-electron chi connectivity index (χ2n) is 4.16. The molecule has 3 rings (SSSR count). The molecule has 0 saturated heterocycles. The van der Waals surface area contributed by atoms with Crippen molar-refractivity contribution in [1.82, 2.24) is 15.2 Å². The third-order valence-electron chi connectivity index (χ3n) is 2.83. The Morgan fingerprint density at radius 1 is 1.24 bits per heavy atom. The van der Waals surface area contributed by atoms with E-state index < -0.39 is 17.0 Å². The molecular weight excluding hydrogens is 294 g/mol. The SMILES string of the molecule is Nc1nc(C(=O)Nc2cccc3c(=O)[nH][nH]c(=O)c23)cs1. The van der Waals surface area contributed by atoms with Crippen LogP contribution in [0.4, 0.5) is 10.8 Å². The van der Waals surface area contributed by atoms with Gasteiger partial charge in [-0.3, -0.25) is 24.6 Å². The average molecular weight is 303 g/mol. The zero-order chi connectivity index (χ0) is 15.0. The summed E-state index contributed by atoms with van der Waals surface area (Å²) < 4.78 is 0. The third kappa shape index (κ3) is 2.30. The molecule has 0 spiro atoms. The highest BCUT2D eigenvalue weighted by Gasteiger charge is 2.14. The van der Waals surface area contributed by atoms with E-state index in [2.05, 4.69) is 20.5 Å². The number of carbonyl (C=O) groups is 1. The second-order valence-corrected chi connectivity index (χ2v) is 5.05. The van der Waals surface area contributed by atoms with Crippen molar-refractivity contribution in [2.75, 3.05) is 11.1 Å². The highest BCUT2D eigenvalue weighted by Crippen LogP contribution is 2.18. The molecule has 21 heavy (non-hydrogen) atoms. The molecule has 9 heteroatoms. The van der Waals surface area contributed by atoms with Gasteiger partial charge in [-0.15, -0.1) is 11.3 Å². The minimum absolute atomic E-state index is 0.109. The summed E-state index contributed by atoms with van der Waals surface area (Å²) in [5.74, 6) is -0.505. The first-order valence-electron chi connectivity index (χ1n) is 5.82. The van der Waals surface area contributed by atoms with Gasteiger partial charge in [0.1, 0.15) is 5.69 Å². The van der Waals surface area contributed by atoms with E-state index in [0.29, 0.717) is 0 Å². The topological polar surface area (TPSA) is 134 Å². The molecule has 0 radical (unpaired) electrons. The number of nitrogens with one attached hydrogen (secondary N) is 3. The van der Waals surface area contributed by atoms with Gasteiger partial charge in [-0.1, -0.05) is 6.07 Å². The van der Waals surface area contributed by atoms with Crippen molar-refractivity contribution in [3.05, 3.63) is 50.0 Å².